The molecule has 36 heavy (non-hydrogen) atoms. The normalized spacial score (nSPS) is 14.6. The molecule has 3 N–H and O–H groups in total. The van der Waals surface area contributed by atoms with Crippen molar-refractivity contribution < 1.29 is 23.7 Å². The summed E-state index contributed by atoms with van der Waals surface area (Å²) in [6.45, 7) is 6.46. The maximum Gasteiger partial charge on any atom is 0.338 e. The van der Waals surface area contributed by atoms with Gasteiger partial charge < -0.3 is 24.7 Å². The zero-order valence-corrected chi connectivity index (χ0v) is 20.6. The second-order valence-corrected chi connectivity index (χ2v) is 8.88. The Labute approximate surface area is 209 Å². The molecule has 0 aliphatic carbocycles. The van der Waals surface area contributed by atoms with E-state index in [1.54, 1.807) is 25.3 Å². The first kappa shape index (κ1) is 24.7. The van der Waals surface area contributed by atoms with Crippen LogP contribution in [0.3, 0.4) is 0 Å². The predicted octanol–water partition coefficient (Wildman–Crippen LogP) is 4.34. The minimum atomic E-state index is -0.470. The number of carbonyl (C=O) groups excluding carboxylic acids is 1. The number of fused-ring (bicyclic) bond motifs is 1. The summed E-state index contributed by atoms with van der Waals surface area (Å²) in [4.78, 5) is 12.2. The van der Waals surface area contributed by atoms with Gasteiger partial charge in [-0.05, 0) is 48.2 Å². The van der Waals surface area contributed by atoms with Gasteiger partial charge in [0.2, 0.25) is 11.8 Å². The second kappa shape index (κ2) is 10.4. The van der Waals surface area contributed by atoms with Gasteiger partial charge in [-0.25, -0.2) is 4.79 Å². The number of carbonyl (C=O) groups is 1. The third-order valence-corrected chi connectivity index (χ3v) is 5.78. The van der Waals surface area contributed by atoms with Crippen molar-refractivity contribution in [1.29, 1.82) is 5.26 Å². The van der Waals surface area contributed by atoms with E-state index in [2.05, 4.69) is 16.3 Å². The second-order valence-electron chi connectivity index (χ2n) is 8.88. The first-order valence-corrected chi connectivity index (χ1v) is 11.5. The van der Waals surface area contributed by atoms with Crippen molar-refractivity contribution in [3.8, 4) is 23.4 Å². The van der Waals surface area contributed by atoms with Gasteiger partial charge in [0.15, 0.2) is 11.5 Å². The van der Waals surface area contributed by atoms with Crippen LogP contribution >= 0.6 is 0 Å². The lowest BCUT2D eigenvalue weighted by atomic mass is 9.84. The summed E-state index contributed by atoms with van der Waals surface area (Å²) in [5.41, 5.74) is 9.98. The number of nitriles is 1. The van der Waals surface area contributed by atoms with Gasteiger partial charge in [0, 0.05) is 11.3 Å². The van der Waals surface area contributed by atoms with Crippen molar-refractivity contribution in [2.45, 2.75) is 33.3 Å². The van der Waals surface area contributed by atoms with Crippen LogP contribution in [-0.2, 0) is 11.3 Å². The topological polar surface area (TPSA) is 132 Å². The monoisotopic (exact) mass is 488 g/mol. The third kappa shape index (κ3) is 4.98. The molecule has 1 aliphatic heterocycles. The van der Waals surface area contributed by atoms with Gasteiger partial charge in [0.05, 0.1) is 25.2 Å². The molecule has 0 bridgehead atoms. The zero-order chi connectivity index (χ0) is 25.8. The highest BCUT2D eigenvalue weighted by Gasteiger charge is 2.34. The molecule has 0 amide bonds. The van der Waals surface area contributed by atoms with Gasteiger partial charge in [0.25, 0.3) is 0 Å². The van der Waals surface area contributed by atoms with Crippen LogP contribution in [0.15, 0.2) is 53.9 Å². The van der Waals surface area contributed by atoms with Gasteiger partial charge in [-0.2, -0.15) is 5.26 Å². The van der Waals surface area contributed by atoms with Gasteiger partial charge >= 0.3 is 5.97 Å². The van der Waals surface area contributed by atoms with Crippen molar-refractivity contribution in [1.82, 2.24) is 10.2 Å². The standard InChI is InChI=1S/C27H28N4O5/c1-15(2)13-35-27(32)18-7-5-17(6-8-18)14-34-22-11-19(9-10-21(22)33-4)24-20(12-28)25(29)36-26-23(24)16(3)30-31-26/h5-11,15,24H,13-14,29H2,1-4H3,(H,30,31). The fourth-order valence-electron chi connectivity index (χ4n) is 3.94. The van der Waals surface area contributed by atoms with E-state index in [0.717, 1.165) is 22.4 Å². The number of aryl methyl sites for hydroxylation is 1. The maximum atomic E-state index is 12.2. The fourth-order valence-corrected chi connectivity index (χ4v) is 3.94. The molecular formula is C27H28N4O5. The number of nitrogens with one attached hydrogen (secondary N) is 1. The lowest BCUT2D eigenvalue weighted by Crippen LogP contribution is -2.21. The number of nitrogens with zero attached hydrogens (tertiary/aromatic N) is 2. The van der Waals surface area contributed by atoms with Gasteiger partial charge in [0.1, 0.15) is 18.2 Å². The molecule has 1 unspecified atom stereocenters. The number of nitrogens with two attached hydrogens (primary N) is 1. The summed E-state index contributed by atoms with van der Waals surface area (Å²) in [5, 5.41) is 16.9. The van der Waals surface area contributed by atoms with Crippen LogP contribution in [0.2, 0.25) is 0 Å². The largest absolute Gasteiger partial charge is 0.493 e. The van der Waals surface area contributed by atoms with Crippen LogP contribution in [0.5, 0.6) is 17.4 Å². The molecule has 1 aromatic heterocycles. The Kier molecular flexibility index (Phi) is 7.15. The number of aromatic nitrogens is 2. The molecule has 0 saturated heterocycles. The zero-order valence-electron chi connectivity index (χ0n) is 20.6. The molecule has 9 heteroatoms. The maximum absolute atomic E-state index is 12.2. The Morgan fingerprint density at radius 2 is 1.97 bits per heavy atom. The number of methoxy groups -OCH3 is 1. The van der Waals surface area contributed by atoms with Crippen molar-refractivity contribution in [2.75, 3.05) is 13.7 Å². The first-order valence-electron chi connectivity index (χ1n) is 11.5. The van der Waals surface area contributed by atoms with E-state index in [9.17, 15) is 10.1 Å². The molecule has 3 aromatic rings. The Morgan fingerprint density at radius 1 is 1.22 bits per heavy atom. The van der Waals surface area contributed by atoms with E-state index in [1.165, 1.54) is 0 Å². The minimum absolute atomic E-state index is 0.0202. The molecule has 0 fully saturated rings. The SMILES string of the molecule is COc1ccc(C2C(C#N)=C(N)Oc3n[nH]c(C)c32)cc1OCc1ccc(C(=O)OCC(C)C)cc1. The lowest BCUT2D eigenvalue weighted by molar-refractivity contribution is 0.0459. The number of allylic oxidation sites excluding steroid dienone is 1. The molecule has 1 atom stereocenters. The van der Waals surface area contributed by atoms with Crippen LogP contribution in [-0.4, -0.2) is 29.9 Å². The number of rotatable bonds is 8. The van der Waals surface area contributed by atoms with E-state index in [-0.39, 0.29) is 24.4 Å². The quantitative estimate of drug-likeness (QED) is 0.448. The number of hydrogen-bond acceptors (Lipinski definition) is 8. The van der Waals surface area contributed by atoms with Crippen LogP contribution < -0.4 is 19.9 Å². The predicted molar refractivity (Wildman–Crippen MR) is 132 cm³/mol. The molecule has 4 rings (SSSR count). The molecule has 1 aliphatic rings. The highest BCUT2D eigenvalue weighted by atomic mass is 16.5. The van der Waals surface area contributed by atoms with Crippen LogP contribution in [0, 0.1) is 24.2 Å². The summed E-state index contributed by atoms with van der Waals surface area (Å²) in [5.74, 6) is 0.859. The van der Waals surface area contributed by atoms with Crippen molar-refractivity contribution in [3.05, 3.63) is 81.9 Å². The summed E-state index contributed by atoms with van der Waals surface area (Å²) in [6.07, 6.45) is 0. The average Bonchev–Trinajstić information content (AvgIpc) is 3.24. The van der Waals surface area contributed by atoms with E-state index in [1.807, 2.05) is 45.0 Å². The number of benzene rings is 2. The Hall–Kier alpha value is -4.45. The van der Waals surface area contributed by atoms with Crippen LogP contribution in [0.25, 0.3) is 0 Å². The van der Waals surface area contributed by atoms with Gasteiger partial charge in [-0.15, -0.1) is 5.10 Å². The number of ether oxygens (including phenoxy) is 4. The average molecular weight is 489 g/mol. The molecule has 0 spiro atoms. The van der Waals surface area contributed by atoms with Crippen LogP contribution in [0.4, 0.5) is 0 Å². The van der Waals surface area contributed by atoms with Gasteiger partial charge in [-0.1, -0.05) is 32.0 Å². The fraction of sp³-hybridized carbons (Fsp3) is 0.296. The molecular weight excluding hydrogens is 460 g/mol. The molecule has 9 nitrogen and oxygen atoms in total. The Morgan fingerprint density at radius 3 is 2.64 bits per heavy atom. The van der Waals surface area contributed by atoms with Gasteiger partial charge in [-0.3, -0.25) is 5.10 Å². The Bertz CT molecular complexity index is 1340. The number of hydrogen-bond donors (Lipinski definition) is 2. The summed E-state index contributed by atoms with van der Waals surface area (Å²) < 4.78 is 22.4. The summed E-state index contributed by atoms with van der Waals surface area (Å²) >= 11 is 0. The number of esters is 1. The number of H-pyrrole nitrogens is 1. The molecule has 186 valence electrons. The highest BCUT2D eigenvalue weighted by molar-refractivity contribution is 5.89. The van der Waals surface area contributed by atoms with E-state index in [4.69, 9.17) is 24.7 Å². The van der Waals surface area contributed by atoms with E-state index >= 15 is 0 Å². The van der Waals surface area contributed by atoms with E-state index in [0.29, 0.717) is 35.1 Å². The third-order valence-electron chi connectivity index (χ3n) is 5.78. The molecule has 0 saturated carbocycles. The number of aromatic amines is 1. The van der Waals surface area contributed by atoms with Crippen molar-refractivity contribution in [2.24, 2.45) is 11.7 Å². The summed E-state index contributed by atoms with van der Waals surface area (Å²) in [7, 11) is 1.56. The Balaban J connectivity index is 1.57. The lowest BCUT2D eigenvalue weighted by Gasteiger charge is -2.24. The first-order chi connectivity index (χ1) is 17.3. The van der Waals surface area contributed by atoms with E-state index < -0.39 is 5.92 Å². The molecule has 2 heterocycles. The molecule has 0 radical (unpaired) electrons. The minimum Gasteiger partial charge on any atom is -0.493 e. The van der Waals surface area contributed by atoms with Crippen molar-refractivity contribution >= 4 is 5.97 Å². The van der Waals surface area contributed by atoms with Crippen LogP contribution in [0.1, 0.15) is 52.5 Å². The smallest absolute Gasteiger partial charge is 0.338 e. The molecule has 2 aromatic carbocycles. The van der Waals surface area contributed by atoms with Crippen molar-refractivity contribution in [3.63, 3.8) is 0 Å². The highest BCUT2D eigenvalue weighted by Crippen LogP contribution is 2.44. The summed E-state index contributed by atoms with van der Waals surface area (Å²) in [6, 6.07) is 14.7.